The maximum atomic E-state index is 5.65. The summed E-state index contributed by atoms with van der Waals surface area (Å²) in [7, 11) is 0. The summed E-state index contributed by atoms with van der Waals surface area (Å²) in [5, 5.41) is 0. The molecule has 288 valence electrons. The number of aromatic nitrogens is 3. The van der Waals surface area contributed by atoms with Crippen molar-refractivity contribution in [3.05, 3.63) is 127 Å². The maximum absolute atomic E-state index is 5.65. The highest BCUT2D eigenvalue weighted by atomic mass is 15.4. The van der Waals surface area contributed by atoms with E-state index in [-0.39, 0.29) is 0 Å². The second kappa shape index (κ2) is 15.8. The van der Waals surface area contributed by atoms with Crippen LogP contribution in [0.5, 0.6) is 0 Å². The smallest absolute Gasteiger partial charge is 0.143 e. The van der Waals surface area contributed by atoms with Crippen LogP contribution in [0.2, 0.25) is 0 Å². The van der Waals surface area contributed by atoms with Gasteiger partial charge in [0.2, 0.25) is 0 Å². The summed E-state index contributed by atoms with van der Waals surface area (Å²) < 4.78 is 0. The molecule has 0 N–H and O–H groups in total. The summed E-state index contributed by atoms with van der Waals surface area (Å²) >= 11 is 0. The Morgan fingerprint density at radius 1 is 0.263 bits per heavy atom. The predicted molar refractivity (Wildman–Crippen MR) is 236 cm³/mol. The van der Waals surface area contributed by atoms with E-state index in [2.05, 4.69) is 157 Å². The minimum Gasteiger partial charge on any atom is -0.371 e. The van der Waals surface area contributed by atoms with Crippen LogP contribution in [0.4, 0.5) is 69.0 Å². The first kappa shape index (κ1) is 35.3. The van der Waals surface area contributed by atoms with E-state index >= 15 is 0 Å². The van der Waals surface area contributed by atoms with Gasteiger partial charge in [-0.05, 0) is 94.2 Å². The number of hydrogen-bond acceptors (Lipinski definition) is 9. The van der Waals surface area contributed by atoms with Crippen molar-refractivity contribution in [3.63, 3.8) is 0 Å². The van der Waals surface area contributed by atoms with Gasteiger partial charge in [-0.3, -0.25) is 14.7 Å². The minimum absolute atomic E-state index is 0.827. The Kier molecular flexibility index (Phi) is 9.80. The zero-order valence-corrected chi connectivity index (χ0v) is 32.8. The number of pyridine rings is 3. The fourth-order valence-electron chi connectivity index (χ4n) is 9.03. The van der Waals surface area contributed by atoms with Gasteiger partial charge >= 0.3 is 0 Å². The van der Waals surface area contributed by atoms with Gasteiger partial charge in [0.1, 0.15) is 34.9 Å². The topological polar surface area (TPSA) is 58.1 Å². The number of anilines is 12. The third-order valence-electron chi connectivity index (χ3n) is 11.9. The molecular formula is C48H51N9. The third-order valence-corrected chi connectivity index (χ3v) is 11.9. The molecule has 7 heterocycles. The van der Waals surface area contributed by atoms with Gasteiger partial charge < -0.3 is 14.7 Å². The first-order valence-corrected chi connectivity index (χ1v) is 21.1. The van der Waals surface area contributed by atoms with E-state index in [1.54, 1.807) is 0 Å². The molecule has 9 nitrogen and oxygen atoms in total. The Hall–Kier alpha value is -6.09. The minimum atomic E-state index is 0.827. The zero-order chi connectivity index (χ0) is 38.0. The molecular weight excluding hydrogens is 703 g/mol. The first-order chi connectivity index (χ1) is 28.2. The standard InChI is InChI=1S/C48H51N9/c1-7-19-37(20-8-1)55-43-31-40(52-25-13-4-14-26-52)33-45(49-43)56(38-21-9-2-10-22-38)47-35-42(54-29-17-6-18-30-54)36-48(51-47)57(39-23-11-3-12-24-39)46-34-41(32-44(55)50-46)53-27-15-5-16-28-53/h1-3,7-12,19-24,31-36H,4-6,13-18,25-30H2. The maximum Gasteiger partial charge on any atom is 0.143 e. The molecule has 6 bridgehead atoms. The van der Waals surface area contributed by atoms with Crippen LogP contribution in [0, 0.1) is 0 Å². The van der Waals surface area contributed by atoms with E-state index in [9.17, 15) is 0 Å². The van der Waals surface area contributed by atoms with Gasteiger partial charge in [0.25, 0.3) is 0 Å². The number of rotatable bonds is 6. The molecule has 4 aliphatic heterocycles. The number of piperidine rings is 3. The Labute approximate surface area is 336 Å². The normalized spacial score (nSPS) is 17.3. The molecule has 9 heteroatoms. The highest BCUT2D eigenvalue weighted by Gasteiger charge is 2.29. The Morgan fingerprint density at radius 3 is 0.719 bits per heavy atom. The number of fused-ring (bicyclic) bond motifs is 6. The number of hydrogen-bond donors (Lipinski definition) is 0. The van der Waals surface area contributed by atoms with Gasteiger partial charge in [-0.1, -0.05) is 54.6 Å². The van der Waals surface area contributed by atoms with Gasteiger partial charge in [0, 0.05) is 110 Å². The average molecular weight is 754 g/mol. The van der Waals surface area contributed by atoms with Crippen LogP contribution in [0.15, 0.2) is 127 Å². The quantitative estimate of drug-likeness (QED) is 0.165. The van der Waals surface area contributed by atoms with E-state index in [1.807, 2.05) is 0 Å². The van der Waals surface area contributed by atoms with Gasteiger partial charge in [0.15, 0.2) is 0 Å². The van der Waals surface area contributed by atoms with Crippen LogP contribution in [0.1, 0.15) is 57.8 Å². The Morgan fingerprint density at radius 2 is 0.491 bits per heavy atom. The summed E-state index contributed by atoms with van der Waals surface area (Å²) in [5.41, 5.74) is 6.54. The lowest BCUT2D eigenvalue weighted by Crippen LogP contribution is -2.31. The molecule has 3 fully saturated rings. The van der Waals surface area contributed by atoms with E-state index in [0.717, 1.165) is 91.2 Å². The molecule has 0 unspecified atom stereocenters. The summed E-state index contributed by atoms with van der Waals surface area (Å²) in [4.78, 5) is 31.4. The number of benzene rings is 3. The van der Waals surface area contributed by atoms with Crippen LogP contribution in [-0.2, 0) is 0 Å². The molecule has 3 aromatic carbocycles. The SMILES string of the molecule is c1ccc(N2c3cc(N4CCCCC4)cc(n3)N(c3ccccc3)c3cc(N4CCCCC4)cc(n3)N(c3ccccc3)c3cc(N4CCCCC4)cc2n3)cc1. The Balaban J connectivity index is 1.31. The summed E-state index contributed by atoms with van der Waals surface area (Å²) in [6, 6.07) is 45.6. The van der Waals surface area contributed by atoms with Crippen LogP contribution in [-0.4, -0.2) is 54.2 Å². The largest absolute Gasteiger partial charge is 0.371 e. The van der Waals surface area contributed by atoms with Crippen molar-refractivity contribution >= 4 is 69.0 Å². The van der Waals surface area contributed by atoms with E-state index in [4.69, 9.17) is 15.0 Å². The van der Waals surface area contributed by atoms with Gasteiger partial charge in [0.05, 0.1) is 0 Å². The van der Waals surface area contributed by atoms with Crippen molar-refractivity contribution in [2.24, 2.45) is 0 Å². The first-order valence-electron chi connectivity index (χ1n) is 21.1. The molecule has 0 atom stereocenters. The molecule has 0 aliphatic carbocycles. The van der Waals surface area contributed by atoms with Crippen molar-refractivity contribution in [3.8, 4) is 0 Å². The van der Waals surface area contributed by atoms with Gasteiger partial charge in [-0.2, -0.15) is 0 Å². The fourth-order valence-corrected chi connectivity index (χ4v) is 9.03. The van der Waals surface area contributed by atoms with E-state index in [1.165, 1.54) is 74.8 Å². The summed E-state index contributed by atoms with van der Waals surface area (Å²) in [6.07, 6.45) is 10.9. The van der Waals surface area contributed by atoms with Gasteiger partial charge in [-0.25, -0.2) is 15.0 Å². The molecule has 3 saturated heterocycles. The lowest BCUT2D eigenvalue weighted by molar-refractivity contribution is 0.577. The molecule has 4 aliphatic rings. The van der Waals surface area contributed by atoms with E-state index in [0.29, 0.717) is 0 Å². The van der Waals surface area contributed by atoms with Gasteiger partial charge in [-0.15, -0.1) is 0 Å². The number of para-hydroxylation sites is 3. The summed E-state index contributed by atoms with van der Waals surface area (Å²) in [6.45, 7) is 6.11. The van der Waals surface area contributed by atoms with Crippen molar-refractivity contribution in [2.75, 3.05) is 68.7 Å². The molecule has 0 spiro atoms. The predicted octanol–water partition coefficient (Wildman–Crippen LogP) is 11.6. The van der Waals surface area contributed by atoms with Crippen LogP contribution < -0.4 is 29.4 Å². The van der Waals surface area contributed by atoms with Crippen molar-refractivity contribution in [1.82, 2.24) is 15.0 Å². The molecule has 0 radical (unpaired) electrons. The van der Waals surface area contributed by atoms with Crippen molar-refractivity contribution in [2.45, 2.75) is 57.8 Å². The third kappa shape index (κ3) is 7.23. The van der Waals surface area contributed by atoms with Crippen molar-refractivity contribution < 1.29 is 0 Å². The lowest BCUT2D eigenvalue weighted by atomic mass is 10.1. The second-order valence-corrected chi connectivity index (χ2v) is 15.8. The Bertz CT molecular complexity index is 1960. The molecule has 6 aromatic rings. The zero-order valence-electron chi connectivity index (χ0n) is 32.8. The number of nitrogens with zero attached hydrogens (tertiary/aromatic N) is 9. The average Bonchev–Trinajstić information content (AvgIpc) is 3.28. The highest BCUT2D eigenvalue weighted by Crippen LogP contribution is 2.46. The molecule has 0 amide bonds. The van der Waals surface area contributed by atoms with Crippen LogP contribution >= 0.6 is 0 Å². The van der Waals surface area contributed by atoms with Crippen molar-refractivity contribution in [1.29, 1.82) is 0 Å². The van der Waals surface area contributed by atoms with Crippen LogP contribution in [0.25, 0.3) is 0 Å². The summed E-state index contributed by atoms with van der Waals surface area (Å²) in [5.74, 6) is 4.96. The highest BCUT2D eigenvalue weighted by molar-refractivity contribution is 5.86. The monoisotopic (exact) mass is 753 g/mol. The molecule has 57 heavy (non-hydrogen) atoms. The molecule has 0 saturated carbocycles. The fraction of sp³-hybridized carbons (Fsp3) is 0.312. The second-order valence-electron chi connectivity index (χ2n) is 15.8. The lowest BCUT2D eigenvalue weighted by Gasteiger charge is -2.36. The van der Waals surface area contributed by atoms with E-state index < -0.39 is 0 Å². The molecule has 3 aromatic heterocycles. The van der Waals surface area contributed by atoms with Crippen LogP contribution in [0.3, 0.4) is 0 Å². The molecule has 10 rings (SSSR count).